The summed E-state index contributed by atoms with van der Waals surface area (Å²) in [4.78, 5) is 12.1. The first-order chi connectivity index (χ1) is 12.2. The average Bonchev–Trinajstić information content (AvgIpc) is 2.66. The lowest BCUT2D eigenvalue weighted by Crippen LogP contribution is -2.17. The van der Waals surface area contributed by atoms with Crippen molar-refractivity contribution in [2.75, 3.05) is 13.2 Å². The molecule has 0 saturated carbocycles. The molecule has 0 aliphatic heterocycles. The van der Waals surface area contributed by atoms with Crippen LogP contribution < -0.4 is 14.9 Å². The highest BCUT2D eigenvalue weighted by Crippen LogP contribution is 2.15. The monoisotopic (exact) mass is 334 g/mol. The third-order valence-corrected chi connectivity index (χ3v) is 3.08. The number of hydrazone groups is 1. The number of ether oxygens (including phenoxy) is 2. The summed E-state index contributed by atoms with van der Waals surface area (Å²) in [6.07, 6.45) is 8.35. The van der Waals surface area contributed by atoms with Gasteiger partial charge in [-0.15, -0.1) is 6.42 Å². The van der Waals surface area contributed by atoms with Crippen molar-refractivity contribution in [1.29, 1.82) is 0 Å². The van der Waals surface area contributed by atoms with Crippen LogP contribution in [0.4, 0.5) is 0 Å². The zero-order valence-corrected chi connectivity index (χ0v) is 13.6. The number of hydrogen-bond donors (Lipinski definition) is 1. The fourth-order valence-electron chi connectivity index (χ4n) is 1.92. The van der Waals surface area contributed by atoms with Gasteiger partial charge in [-0.2, -0.15) is 5.10 Å². The molecule has 0 saturated heterocycles. The van der Waals surface area contributed by atoms with Crippen LogP contribution in [-0.4, -0.2) is 25.3 Å². The number of para-hydroxylation sites is 1. The Balaban J connectivity index is 1.96. The molecule has 0 aliphatic rings. The Bertz CT molecular complexity index is 789. The van der Waals surface area contributed by atoms with E-state index in [2.05, 4.69) is 23.0 Å². The van der Waals surface area contributed by atoms with Gasteiger partial charge in [0.05, 0.1) is 6.21 Å². The van der Waals surface area contributed by atoms with E-state index in [9.17, 15) is 4.79 Å². The van der Waals surface area contributed by atoms with E-state index in [4.69, 9.17) is 15.9 Å². The summed E-state index contributed by atoms with van der Waals surface area (Å²) in [5.41, 5.74) is 3.66. The Kier molecular flexibility index (Phi) is 6.83. The van der Waals surface area contributed by atoms with Crippen LogP contribution in [-0.2, 0) is 0 Å². The summed E-state index contributed by atoms with van der Waals surface area (Å²) in [7, 11) is 0. The van der Waals surface area contributed by atoms with Crippen LogP contribution >= 0.6 is 0 Å². The predicted octanol–water partition coefficient (Wildman–Crippen LogP) is 3.03. The van der Waals surface area contributed by atoms with Gasteiger partial charge in [-0.25, -0.2) is 5.43 Å². The van der Waals surface area contributed by atoms with Crippen LogP contribution in [0.3, 0.4) is 0 Å². The third-order valence-electron chi connectivity index (χ3n) is 3.08. The molecule has 0 aliphatic carbocycles. The van der Waals surface area contributed by atoms with Crippen molar-refractivity contribution in [2.24, 2.45) is 5.10 Å². The van der Waals surface area contributed by atoms with Crippen LogP contribution in [0.25, 0.3) is 0 Å². The summed E-state index contributed by atoms with van der Waals surface area (Å²) in [5.74, 6) is 3.34. The van der Waals surface area contributed by atoms with E-state index in [0.717, 1.165) is 0 Å². The first kappa shape index (κ1) is 17.8. The van der Waals surface area contributed by atoms with E-state index < -0.39 is 0 Å². The summed E-state index contributed by atoms with van der Waals surface area (Å²) >= 11 is 0. The Labute approximate surface area is 147 Å². The van der Waals surface area contributed by atoms with Crippen molar-refractivity contribution in [3.05, 3.63) is 72.3 Å². The van der Waals surface area contributed by atoms with E-state index in [-0.39, 0.29) is 12.5 Å². The van der Waals surface area contributed by atoms with Gasteiger partial charge in [0.15, 0.2) is 0 Å². The molecule has 1 N–H and O–H groups in total. The smallest absolute Gasteiger partial charge is 0.271 e. The van der Waals surface area contributed by atoms with Crippen LogP contribution in [0.5, 0.6) is 11.5 Å². The topological polar surface area (TPSA) is 59.9 Å². The molecular formula is C20H18N2O3. The first-order valence-corrected chi connectivity index (χ1v) is 7.57. The van der Waals surface area contributed by atoms with Crippen molar-refractivity contribution in [3.63, 3.8) is 0 Å². The fourth-order valence-corrected chi connectivity index (χ4v) is 1.92. The first-order valence-electron chi connectivity index (χ1n) is 7.57. The maximum Gasteiger partial charge on any atom is 0.271 e. The molecule has 2 aromatic carbocycles. The van der Waals surface area contributed by atoms with Gasteiger partial charge in [0.1, 0.15) is 24.7 Å². The Hall–Kier alpha value is -3.52. The molecule has 0 spiro atoms. The fraction of sp³-hybridized carbons (Fsp3) is 0.100. The highest BCUT2D eigenvalue weighted by atomic mass is 16.5. The summed E-state index contributed by atoms with van der Waals surface area (Å²) in [6.45, 7) is 4.16. The van der Waals surface area contributed by atoms with Crippen molar-refractivity contribution >= 4 is 12.1 Å². The zero-order valence-electron chi connectivity index (χ0n) is 13.6. The van der Waals surface area contributed by atoms with Gasteiger partial charge in [-0.05, 0) is 36.4 Å². The number of rotatable bonds is 8. The quantitative estimate of drug-likeness (QED) is 0.349. The molecule has 0 radical (unpaired) electrons. The number of nitrogens with one attached hydrogen (secondary N) is 1. The minimum atomic E-state index is -0.325. The molecule has 0 heterocycles. The molecule has 0 unspecified atom stereocenters. The molecule has 0 fully saturated rings. The van der Waals surface area contributed by atoms with E-state index in [1.54, 1.807) is 36.4 Å². The second-order valence-corrected chi connectivity index (χ2v) is 4.85. The highest BCUT2D eigenvalue weighted by Gasteiger charge is 2.05. The van der Waals surface area contributed by atoms with Gasteiger partial charge in [0.2, 0.25) is 0 Å². The predicted molar refractivity (Wildman–Crippen MR) is 98.0 cm³/mol. The van der Waals surface area contributed by atoms with Gasteiger partial charge in [0.25, 0.3) is 5.91 Å². The summed E-state index contributed by atoms with van der Waals surface area (Å²) in [6, 6.07) is 14.0. The molecular weight excluding hydrogens is 316 g/mol. The maximum atomic E-state index is 12.1. The standard InChI is InChI=1S/C20H18N2O3/c1-3-13-24-18-11-9-16(10-12-18)20(23)22-21-15-17-7-5-6-8-19(17)25-14-4-2/h2-3,5-12,15H,1,13-14H2,(H,22,23)/b21-15+. The minimum absolute atomic E-state index is 0.164. The number of hydrogen-bond acceptors (Lipinski definition) is 4. The Morgan fingerprint density at radius 1 is 1.20 bits per heavy atom. The Morgan fingerprint density at radius 2 is 1.96 bits per heavy atom. The largest absolute Gasteiger partial charge is 0.490 e. The number of terminal acetylenes is 1. The summed E-state index contributed by atoms with van der Waals surface area (Å²) in [5, 5.41) is 3.96. The second kappa shape index (κ2) is 9.58. The van der Waals surface area contributed by atoms with Crippen molar-refractivity contribution < 1.29 is 14.3 Å². The van der Waals surface area contributed by atoms with Gasteiger partial charge in [-0.3, -0.25) is 4.79 Å². The molecule has 25 heavy (non-hydrogen) atoms. The molecule has 0 atom stereocenters. The number of benzene rings is 2. The number of carbonyl (C=O) groups is 1. The van der Waals surface area contributed by atoms with Crippen LogP contribution in [0.15, 0.2) is 66.3 Å². The zero-order chi connectivity index (χ0) is 17.9. The second-order valence-electron chi connectivity index (χ2n) is 4.85. The summed E-state index contributed by atoms with van der Waals surface area (Å²) < 4.78 is 10.8. The van der Waals surface area contributed by atoms with Gasteiger partial charge in [-0.1, -0.05) is 30.7 Å². The van der Waals surface area contributed by atoms with Gasteiger partial charge < -0.3 is 9.47 Å². The maximum absolute atomic E-state index is 12.1. The molecule has 0 bridgehead atoms. The molecule has 5 heteroatoms. The third kappa shape index (κ3) is 5.56. The van der Waals surface area contributed by atoms with E-state index in [1.807, 2.05) is 18.2 Å². The van der Waals surface area contributed by atoms with E-state index in [0.29, 0.717) is 29.2 Å². The van der Waals surface area contributed by atoms with Crippen LogP contribution in [0.2, 0.25) is 0 Å². The van der Waals surface area contributed by atoms with Crippen molar-refractivity contribution in [1.82, 2.24) is 5.43 Å². The van der Waals surface area contributed by atoms with Gasteiger partial charge in [0, 0.05) is 11.1 Å². The van der Waals surface area contributed by atoms with E-state index >= 15 is 0 Å². The molecule has 2 aromatic rings. The minimum Gasteiger partial charge on any atom is -0.490 e. The SMILES string of the molecule is C#CCOc1ccccc1/C=N/NC(=O)c1ccc(OCC=C)cc1. The molecule has 126 valence electrons. The lowest BCUT2D eigenvalue weighted by molar-refractivity contribution is 0.0955. The number of nitrogens with zero attached hydrogens (tertiary/aromatic N) is 1. The highest BCUT2D eigenvalue weighted by molar-refractivity contribution is 5.95. The average molecular weight is 334 g/mol. The number of amides is 1. The normalized spacial score (nSPS) is 10.0. The Morgan fingerprint density at radius 3 is 2.68 bits per heavy atom. The lowest BCUT2D eigenvalue weighted by atomic mass is 10.2. The van der Waals surface area contributed by atoms with Gasteiger partial charge >= 0.3 is 0 Å². The molecule has 1 amide bonds. The van der Waals surface area contributed by atoms with Crippen LogP contribution in [0.1, 0.15) is 15.9 Å². The lowest BCUT2D eigenvalue weighted by Gasteiger charge is -2.06. The van der Waals surface area contributed by atoms with Crippen molar-refractivity contribution in [2.45, 2.75) is 0 Å². The van der Waals surface area contributed by atoms with Crippen LogP contribution in [0, 0.1) is 12.3 Å². The number of carbonyl (C=O) groups excluding carboxylic acids is 1. The molecule has 2 rings (SSSR count). The molecule has 5 nitrogen and oxygen atoms in total. The molecule has 0 aromatic heterocycles. The van der Waals surface area contributed by atoms with Crippen molar-refractivity contribution in [3.8, 4) is 23.8 Å². The van der Waals surface area contributed by atoms with E-state index in [1.165, 1.54) is 6.21 Å².